The predicted molar refractivity (Wildman–Crippen MR) is 81.2 cm³/mol. The third-order valence-corrected chi connectivity index (χ3v) is 3.53. The minimum absolute atomic E-state index is 0.579. The van der Waals surface area contributed by atoms with E-state index in [1.54, 1.807) is 18.6 Å². The lowest BCUT2D eigenvalue weighted by molar-refractivity contribution is 0.580. The number of piperazine rings is 1. The molecule has 3 aromatic rings. The molecule has 4 heterocycles. The van der Waals surface area contributed by atoms with Crippen LogP contribution in [0.25, 0.3) is 22.6 Å². The molecule has 0 aromatic carbocycles. The number of hydrogen-bond donors (Lipinski definition) is 1. The average molecular weight is 294 g/mol. The van der Waals surface area contributed by atoms with Gasteiger partial charge in [-0.3, -0.25) is 0 Å². The molecule has 22 heavy (non-hydrogen) atoms. The van der Waals surface area contributed by atoms with E-state index in [2.05, 4.69) is 40.1 Å². The summed E-state index contributed by atoms with van der Waals surface area (Å²) in [5.74, 6) is 0.727. The molecule has 8 nitrogen and oxygen atoms in total. The summed E-state index contributed by atoms with van der Waals surface area (Å²) in [7, 11) is 0. The average Bonchev–Trinajstić information content (AvgIpc) is 2.62. The Morgan fingerprint density at radius 1 is 0.955 bits per heavy atom. The van der Waals surface area contributed by atoms with E-state index in [1.807, 2.05) is 6.07 Å². The molecule has 1 fully saturated rings. The summed E-state index contributed by atoms with van der Waals surface area (Å²) >= 11 is 0. The lowest BCUT2D eigenvalue weighted by Crippen LogP contribution is -2.44. The van der Waals surface area contributed by atoms with Gasteiger partial charge in [0, 0.05) is 32.4 Å². The Bertz CT molecular complexity index is 799. The van der Waals surface area contributed by atoms with Crippen molar-refractivity contribution in [3.8, 4) is 11.4 Å². The standard InChI is InChI=1S/C14H14N8/c1-2-17-14(22-5-3-15-4-6-22)21-10(1)11-8-18-13-12(20-11)7-16-9-19-13/h1-2,7-9,15H,3-6H2. The molecule has 3 aromatic heterocycles. The highest BCUT2D eigenvalue weighted by Gasteiger charge is 2.14. The van der Waals surface area contributed by atoms with Crippen molar-refractivity contribution in [2.45, 2.75) is 0 Å². The molecule has 0 amide bonds. The smallest absolute Gasteiger partial charge is 0.225 e. The largest absolute Gasteiger partial charge is 0.338 e. The number of nitrogens with one attached hydrogen (secondary N) is 1. The lowest BCUT2D eigenvalue weighted by atomic mass is 10.3. The number of rotatable bonds is 2. The van der Waals surface area contributed by atoms with Crippen LogP contribution in [0.2, 0.25) is 0 Å². The number of hydrogen-bond acceptors (Lipinski definition) is 8. The molecule has 0 unspecified atom stereocenters. The van der Waals surface area contributed by atoms with E-state index < -0.39 is 0 Å². The highest BCUT2D eigenvalue weighted by molar-refractivity contribution is 5.71. The summed E-state index contributed by atoms with van der Waals surface area (Å²) in [6.07, 6.45) is 6.55. The first kappa shape index (κ1) is 13.0. The van der Waals surface area contributed by atoms with Gasteiger partial charge in [-0.1, -0.05) is 0 Å². The van der Waals surface area contributed by atoms with E-state index >= 15 is 0 Å². The Morgan fingerprint density at radius 3 is 2.77 bits per heavy atom. The van der Waals surface area contributed by atoms with E-state index in [-0.39, 0.29) is 0 Å². The molecule has 110 valence electrons. The zero-order chi connectivity index (χ0) is 14.8. The Labute approximate surface area is 126 Å². The van der Waals surface area contributed by atoms with Gasteiger partial charge in [-0.25, -0.2) is 29.9 Å². The normalized spacial score (nSPS) is 15.2. The summed E-state index contributed by atoms with van der Waals surface area (Å²) in [5.41, 5.74) is 2.68. The van der Waals surface area contributed by atoms with Crippen LogP contribution in [0, 0.1) is 0 Å². The monoisotopic (exact) mass is 294 g/mol. The van der Waals surface area contributed by atoms with Crippen LogP contribution < -0.4 is 10.2 Å². The fourth-order valence-electron chi connectivity index (χ4n) is 2.41. The summed E-state index contributed by atoms with van der Waals surface area (Å²) in [4.78, 5) is 28.0. The molecule has 1 saturated heterocycles. The molecule has 0 radical (unpaired) electrons. The minimum Gasteiger partial charge on any atom is -0.338 e. The van der Waals surface area contributed by atoms with Gasteiger partial charge in [0.1, 0.15) is 17.5 Å². The van der Waals surface area contributed by atoms with Crippen molar-refractivity contribution in [1.82, 2.24) is 35.2 Å². The molecule has 0 saturated carbocycles. The summed E-state index contributed by atoms with van der Waals surface area (Å²) in [6, 6.07) is 1.84. The molecule has 1 N–H and O–H groups in total. The van der Waals surface area contributed by atoms with Gasteiger partial charge in [-0.15, -0.1) is 0 Å². The van der Waals surface area contributed by atoms with Crippen LogP contribution in [0.15, 0.2) is 31.0 Å². The zero-order valence-corrected chi connectivity index (χ0v) is 11.8. The van der Waals surface area contributed by atoms with Crippen molar-refractivity contribution in [1.29, 1.82) is 0 Å². The Kier molecular flexibility index (Phi) is 3.28. The van der Waals surface area contributed by atoms with Gasteiger partial charge in [0.15, 0.2) is 5.65 Å². The van der Waals surface area contributed by atoms with E-state index in [1.165, 1.54) is 6.33 Å². The maximum atomic E-state index is 4.62. The van der Waals surface area contributed by atoms with Crippen molar-refractivity contribution in [3.05, 3.63) is 31.0 Å². The first-order chi connectivity index (χ1) is 10.9. The molecule has 8 heteroatoms. The van der Waals surface area contributed by atoms with E-state index in [0.29, 0.717) is 16.9 Å². The van der Waals surface area contributed by atoms with Crippen LogP contribution in [-0.2, 0) is 0 Å². The van der Waals surface area contributed by atoms with Crippen LogP contribution in [0.5, 0.6) is 0 Å². The molecule has 1 aliphatic rings. The van der Waals surface area contributed by atoms with Crippen molar-refractivity contribution in [2.24, 2.45) is 0 Å². The first-order valence-electron chi connectivity index (χ1n) is 7.12. The van der Waals surface area contributed by atoms with Crippen molar-refractivity contribution in [3.63, 3.8) is 0 Å². The molecule has 0 aliphatic carbocycles. The van der Waals surface area contributed by atoms with E-state index in [0.717, 1.165) is 37.8 Å². The molecule has 1 aliphatic heterocycles. The third kappa shape index (κ3) is 2.44. The van der Waals surface area contributed by atoms with Gasteiger partial charge in [-0.05, 0) is 6.07 Å². The second-order valence-electron chi connectivity index (χ2n) is 4.97. The SMILES string of the molecule is c1cc(-c2cnc3ncncc3n2)nc(N2CCNCC2)n1. The maximum Gasteiger partial charge on any atom is 0.225 e. The molecule has 4 rings (SSSR count). The Hall–Kier alpha value is -2.74. The van der Waals surface area contributed by atoms with Crippen LogP contribution in [0.4, 0.5) is 5.95 Å². The van der Waals surface area contributed by atoms with Crippen LogP contribution in [0.1, 0.15) is 0 Å². The van der Waals surface area contributed by atoms with Gasteiger partial charge in [0.05, 0.1) is 18.1 Å². The Balaban J connectivity index is 1.71. The second-order valence-corrected chi connectivity index (χ2v) is 4.97. The topological polar surface area (TPSA) is 92.6 Å². The number of anilines is 1. The molecular formula is C14H14N8. The molecule has 0 spiro atoms. The summed E-state index contributed by atoms with van der Waals surface area (Å²) in [6.45, 7) is 3.70. The predicted octanol–water partition coefficient (Wildman–Crippen LogP) is 0.286. The van der Waals surface area contributed by atoms with Crippen LogP contribution >= 0.6 is 0 Å². The molecular weight excluding hydrogens is 280 g/mol. The fourth-order valence-corrected chi connectivity index (χ4v) is 2.41. The van der Waals surface area contributed by atoms with Crippen LogP contribution in [-0.4, -0.2) is 56.1 Å². The van der Waals surface area contributed by atoms with Gasteiger partial charge in [0.2, 0.25) is 5.95 Å². The van der Waals surface area contributed by atoms with Crippen molar-refractivity contribution < 1.29 is 0 Å². The van der Waals surface area contributed by atoms with E-state index in [9.17, 15) is 0 Å². The second kappa shape index (κ2) is 5.57. The highest BCUT2D eigenvalue weighted by Crippen LogP contribution is 2.18. The minimum atomic E-state index is 0.579. The first-order valence-corrected chi connectivity index (χ1v) is 7.12. The van der Waals surface area contributed by atoms with Gasteiger partial charge >= 0.3 is 0 Å². The van der Waals surface area contributed by atoms with Gasteiger partial charge in [-0.2, -0.15) is 0 Å². The summed E-state index contributed by atoms with van der Waals surface area (Å²) < 4.78 is 0. The Morgan fingerprint density at radius 2 is 1.86 bits per heavy atom. The van der Waals surface area contributed by atoms with Crippen LogP contribution in [0.3, 0.4) is 0 Å². The van der Waals surface area contributed by atoms with Crippen molar-refractivity contribution in [2.75, 3.05) is 31.1 Å². The number of fused-ring (bicyclic) bond motifs is 1. The number of aromatic nitrogens is 6. The highest BCUT2D eigenvalue weighted by atomic mass is 15.3. The van der Waals surface area contributed by atoms with Crippen molar-refractivity contribution >= 4 is 17.1 Å². The fraction of sp³-hybridized carbons (Fsp3) is 0.286. The molecule has 0 atom stereocenters. The summed E-state index contributed by atoms with van der Waals surface area (Å²) in [5, 5.41) is 3.32. The van der Waals surface area contributed by atoms with Gasteiger partial charge in [0.25, 0.3) is 0 Å². The quantitative estimate of drug-likeness (QED) is 0.721. The molecule has 0 bridgehead atoms. The number of nitrogens with zero attached hydrogens (tertiary/aromatic N) is 7. The lowest BCUT2D eigenvalue weighted by Gasteiger charge is -2.27. The van der Waals surface area contributed by atoms with E-state index in [4.69, 9.17) is 0 Å². The van der Waals surface area contributed by atoms with Gasteiger partial charge < -0.3 is 10.2 Å². The zero-order valence-electron chi connectivity index (χ0n) is 11.8. The third-order valence-electron chi connectivity index (χ3n) is 3.53. The maximum absolute atomic E-state index is 4.62.